The smallest absolute Gasteiger partial charge is 0.224 e. The van der Waals surface area contributed by atoms with Gasteiger partial charge in [-0.3, -0.25) is 4.79 Å². The Morgan fingerprint density at radius 3 is 2.22 bits per heavy atom. The van der Waals surface area contributed by atoms with E-state index in [1.807, 2.05) is 0 Å². The lowest BCUT2D eigenvalue weighted by atomic mass is 9.99. The highest BCUT2D eigenvalue weighted by Crippen LogP contribution is 2.43. The van der Waals surface area contributed by atoms with E-state index in [0.29, 0.717) is 66.8 Å². The number of halogens is 5. The van der Waals surface area contributed by atoms with Crippen molar-refractivity contribution in [3.05, 3.63) is 48.9 Å². The van der Waals surface area contributed by atoms with Crippen LogP contribution < -0.4 is 5.32 Å². The molecule has 0 fully saturated rings. The lowest BCUT2D eigenvalue weighted by Crippen LogP contribution is -2.13. The summed E-state index contributed by atoms with van der Waals surface area (Å²) in [5.74, 6) is -0.195. The van der Waals surface area contributed by atoms with Gasteiger partial charge in [0.1, 0.15) is 6.29 Å². The zero-order chi connectivity index (χ0) is 20.1. The Morgan fingerprint density at radius 2 is 1.56 bits per heavy atom. The molecule has 0 atom stereocenters. The van der Waals surface area contributed by atoms with Gasteiger partial charge in [0, 0.05) is 24.0 Å². The maximum Gasteiger partial charge on any atom is 0.224 e. The van der Waals surface area contributed by atoms with Crippen molar-refractivity contribution in [2.75, 3.05) is 5.32 Å². The summed E-state index contributed by atoms with van der Waals surface area (Å²) >= 11 is 31.0. The number of unbranched alkanes of at least 4 members (excludes halogenated alkanes) is 2. The van der Waals surface area contributed by atoms with Crippen molar-refractivity contribution in [2.45, 2.75) is 32.6 Å². The van der Waals surface area contributed by atoms with Crippen molar-refractivity contribution in [1.82, 2.24) is 0 Å². The lowest BCUT2D eigenvalue weighted by Gasteiger charge is -2.18. The quantitative estimate of drug-likeness (QED) is 0.258. The summed E-state index contributed by atoms with van der Waals surface area (Å²) in [6, 6.07) is 4.78. The number of aldehydes is 1. The van der Waals surface area contributed by atoms with Crippen molar-refractivity contribution >= 4 is 75.9 Å². The van der Waals surface area contributed by atoms with E-state index in [1.165, 1.54) is 6.07 Å². The van der Waals surface area contributed by atoms with Crippen LogP contribution >= 0.6 is 58.0 Å². The first-order chi connectivity index (χ1) is 12.8. The average molecular weight is 468 g/mol. The summed E-state index contributed by atoms with van der Waals surface area (Å²) in [7, 11) is 0. The van der Waals surface area contributed by atoms with Crippen LogP contribution in [0.2, 0.25) is 25.1 Å². The van der Waals surface area contributed by atoms with Crippen LogP contribution in [0.15, 0.2) is 18.2 Å². The van der Waals surface area contributed by atoms with Crippen molar-refractivity contribution < 1.29 is 9.59 Å². The summed E-state index contributed by atoms with van der Waals surface area (Å²) in [6.07, 6.45) is 2.81. The third kappa shape index (κ3) is 5.52. The first kappa shape index (κ1) is 22.3. The Labute approximate surface area is 182 Å². The molecule has 27 heavy (non-hydrogen) atoms. The van der Waals surface area contributed by atoms with Crippen LogP contribution in [0.3, 0.4) is 0 Å². The number of benzene rings is 2. The van der Waals surface area contributed by atoms with E-state index in [9.17, 15) is 9.59 Å². The second-order valence-electron chi connectivity index (χ2n) is 5.93. The molecular weight excluding hydrogens is 451 g/mol. The predicted molar refractivity (Wildman–Crippen MR) is 115 cm³/mol. The molecule has 0 bridgehead atoms. The lowest BCUT2D eigenvalue weighted by molar-refractivity contribution is -0.116. The second kappa shape index (κ2) is 9.99. The van der Waals surface area contributed by atoms with Crippen LogP contribution in [0.4, 0.5) is 5.69 Å². The Balaban J connectivity index is 2.45. The van der Waals surface area contributed by atoms with Gasteiger partial charge >= 0.3 is 0 Å². The molecule has 8 heteroatoms. The van der Waals surface area contributed by atoms with Gasteiger partial charge in [-0.15, -0.1) is 0 Å². The van der Waals surface area contributed by atoms with E-state index in [0.717, 1.165) is 6.29 Å². The van der Waals surface area contributed by atoms with Crippen molar-refractivity contribution in [3.8, 4) is 11.1 Å². The fourth-order valence-electron chi connectivity index (χ4n) is 2.57. The molecule has 0 aromatic heterocycles. The van der Waals surface area contributed by atoms with E-state index in [1.54, 1.807) is 19.1 Å². The van der Waals surface area contributed by atoms with Crippen LogP contribution in [0, 0.1) is 6.92 Å². The van der Waals surface area contributed by atoms with E-state index in [4.69, 9.17) is 58.0 Å². The van der Waals surface area contributed by atoms with Gasteiger partial charge in [0.25, 0.3) is 0 Å². The number of anilines is 1. The monoisotopic (exact) mass is 465 g/mol. The number of carbonyl (C=O) groups excluding carboxylic acids is 2. The molecule has 2 aromatic carbocycles. The normalized spacial score (nSPS) is 10.7. The Hall–Kier alpha value is -0.970. The number of hydrogen-bond donors (Lipinski definition) is 1. The molecule has 0 radical (unpaired) electrons. The molecule has 0 aliphatic carbocycles. The Kier molecular flexibility index (Phi) is 8.26. The molecule has 2 rings (SSSR count). The third-order valence-corrected chi connectivity index (χ3v) is 5.91. The van der Waals surface area contributed by atoms with Gasteiger partial charge in [0.2, 0.25) is 5.91 Å². The van der Waals surface area contributed by atoms with Crippen LogP contribution in [-0.4, -0.2) is 12.2 Å². The van der Waals surface area contributed by atoms with E-state index < -0.39 is 0 Å². The fourth-order valence-corrected chi connectivity index (χ4v) is 3.62. The van der Waals surface area contributed by atoms with Gasteiger partial charge in [-0.05, 0) is 43.5 Å². The van der Waals surface area contributed by atoms with Crippen LogP contribution in [-0.2, 0) is 9.59 Å². The molecule has 0 saturated heterocycles. The van der Waals surface area contributed by atoms with Gasteiger partial charge in [-0.2, -0.15) is 0 Å². The first-order valence-electron chi connectivity index (χ1n) is 8.13. The van der Waals surface area contributed by atoms with Crippen LogP contribution in [0.5, 0.6) is 0 Å². The molecule has 1 N–H and O–H groups in total. The minimum Gasteiger partial charge on any atom is -0.325 e. The van der Waals surface area contributed by atoms with Crippen molar-refractivity contribution in [1.29, 1.82) is 0 Å². The minimum absolute atomic E-state index is 0.195. The summed E-state index contributed by atoms with van der Waals surface area (Å²) in [6.45, 7) is 1.76. The van der Waals surface area contributed by atoms with Gasteiger partial charge in [-0.25, -0.2) is 0 Å². The highest BCUT2D eigenvalue weighted by atomic mass is 35.5. The van der Waals surface area contributed by atoms with E-state index in [-0.39, 0.29) is 12.3 Å². The molecule has 0 saturated carbocycles. The van der Waals surface area contributed by atoms with Gasteiger partial charge in [0.05, 0.1) is 30.8 Å². The summed E-state index contributed by atoms with van der Waals surface area (Å²) in [5, 5.41) is 4.56. The van der Waals surface area contributed by atoms with Crippen LogP contribution in [0.1, 0.15) is 31.2 Å². The maximum absolute atomic E-state index is 12.4. The van der Waals surface area contributed by atoms with Gasteiger partial charge < -0.3 is 10.1 Å². The van der Waals surface area contributed by atoms with Crippen LogP contribution in [0.25, 0.3) is 11.1 Å². The molecule has 0 unspecified atom stereocenters. The minimum atomic E-state index is -0.195. The molecule has 1 amide bonds. The predicted octanol–water partition coefficient (Wildman–Crippen LogP) is 7.63. The highest BCUT2D eigenvalue weighted by Gasteiger charge is 2.19. The summed E-state index contributed by atoms with van der Waals surface area (Å²) in [4.78, 5) is 22.7. The molecule has 0 aliphatic heterocycles. The Bertz CT molecular complexity index is 883. The zero-order valence-corrected chi connectivity index (χ0v) is 18.1. The zero-order valence-electron chi connectivity index (χ0n) is 14.3. The topological polar surface area (TPSA) is 46.2 Å². The van der Waals surface area contributed by atoms with E-state index >= 15 is 0 Å². The maximum atomic E-state index is 12.4. The standard InChI is InChI=1S/C19H16Cl5NO2/c1-10-18(24)16(23)8-12(11-7-14(21)15(22)9-13(11)20)19(10)25-17(27)5-3-2-4-6-26/h6-9H,2-5H2,1H3,(H,25,27). The summed E-state index contributed by atoms with van der Waals surface area (Å²) < 4.78 is 0. The summed E-state index contributed by atoms with van der Waals surface area (Å²) in [5.41, 5.74) is 2.28. The second-order valence-corrected chi connectivity index (χ2v) is 7.93. The van der Waals surface area contributed by atoms with E-state index in [2.05, 4.69) is 5.32 Å². The number of amides is 1. The molecule has 144 valence electrons. The molecule has 2 aromatic rings. The molecule has 0 spiro atoms. The molecular formula is C19H16Cl5NO2. The number of hydrogen-bond acceptors (Lipinski definition) is 2. The first-order valence-corrected chi connectivity index (χ1v) is 10.0. The Morgan fingerprint density at radius 1 is 0.926 bits per heavy atom. The number of rotatable bonds is 7. The van der Waals surface area contributed by atoms with Crippen molar-refractivity contribution in [2.24, 2.45) is 0 Å². The molecule has 3 nitrogen and oxygen atoms in total. The average Bonchev–Trinajstić information content (AvgIpc) is 2.62. The SMILES string of the molecule is Cc1c(Cl)c(Cl)cc(-c2cc(Cl)c(Cl)cc2Cl)c1NC(=O)CCCCC=O. The number of carbonyl (C=O) groups is 2. The van der Waals surface area contributed by atoms with Gasteiger partial charge in [0.15, 0.2) is 0 Å². The fraction of sp³-hybridized carbons (Fsp3) is 0.263. The van der Waals surface area contributed by atoms with Gasteiger partial charge in [-0.1, -0.05) is 58.0 Å². The molecule has 0 aliphatic rings. The van der Waals surface area contributed by atoms with Crippen molar-refractivity contribution in [3.63, 3.8) is 0 Å². The number of nitrogens with one attached hydrogen (secondary N) is 1. The largest absolute Gasteiger partial charge is 0.325 e. The highest BCUT2D eigenvalue weighted by molar-refractivity contribution is 6.45. The molecule has 0 heterocycles. The third-order valence-electron chi connectivity index (χ3n) is 3.99.